The molecule has 0 aliphatic carbocycles. The second-order valence-corrected chi connectivity index (χ2v) is 10.6. The van der Waals surface area contributed by atoms with Gasteiger partial charge in [0.1, 0.15) is 42.1 Å². The fraction of sp³-hybridized carbons (Fsp3) is 0.577. The molecule has 2 saturated heterocycles. The summed E-state index contributed by atoms with van der Waals surface area (Å²) in [6, 6.07) is 6.30. The normalized spacial score (nSPS) is 32.3. The Hall–Kier alpha value is -4.39. The van der Waals surface area contributed by atoms with Crippen LogP contribution in [0, 0.1) is 34.5 Å². The standard InChI is InChI=1S/C15H20N4O4.C11H14N4O5/c1-8(2)12-9(3)13(22-10(4)20)15(7-16,23-12)19-6-5-11(17)18-14(19)21;1-5(16)8-7(17)9(18)11(4-12,20-8)15-3-2-6(13)14-10(15)19/h5-6,8-9,12-13H,1-4H3,(H2,17,18,21);2-3,5,7-9,16-18H,1H3,(H2,13,14,19)/t9-,12-,13+,15-;5-,7-,8-,9+,11-/m11/s1. The predicted molar refractivity (Wildman–Crippen MR) is 146 cm³/mol. The number of hydrogen-bond acceptors (Lipinski definition) is 15. The molecule has 0 bridgehead atoms. The molecule has 0 spiro atoms. The number of carbonyl (C=O) groups is 1. The van der Waals surface area contributed by atoms with Crippen molar-refractivity contribution in [3.8, 4) is 12.1 Å². The molecule has 4 heterocycles. The third-order valence-electron chi connectivity index (χ3n) is 7.19. The Balaban J connectivity index is 0.000000238. The van der Waals surface area contributed by atoms with Crippen LogP contribution in [-0.2, 0) is 30.5 Å². The summed E-state index contributed by atoms with van der Waals surface area (Å²) in [5.41, 5.74) is 5.26. The number of nitrogen functional groups attached to an aromatic ring is 2. The minimum absolute atomic E-state index is 0.0369. The maximum Gasteiger partial charge on any atom is 0.352 e. The number of hydrogen-bond donors (Lipinski definition) is 5. The van der Waals surface area contributed by atoms with E-state index >= 15 is 0 Å². The van der Waals surface area contributed by atoms with E-state index in [1.165, 1.54) is 32.2 Å². The fourth-order valence-electron chi connectivity index (χ4n) is 5.18. The van der Waals surface area contributed by atoms with Gasteiger partial charge < -0.3 is 41.0 Å². The first-order valence-corrected chi connectivity index (χ1v) is 13.2. The first-order chi connectivity index (χ1) is 20.1. The van der Waals surface area contributed by atoms with Gasteiger partial charge in [0.05, 0.1) is 12.2 Å². The molecule has 17 heteroatoms. The van der Waals surface area contributed by atoms with Crippen LogP contribution in [0.4, 0.5) is 11.6 Å². The van der Waals surface area contributed by atoms with Crippen LogP contribution >= 0.6 is 0 Å². The zero-order chi connectivity index (χ0) is 32.4. The lowest BCUT2D eigenvalue weighted by atomic mass is 9.90. The third-order valence-corrected chi connectivity index (χ3v) is 7.19. The number of nitrogens with two attached hydrogens (primary N) is 2. The molecule has 0 radical (unpaired) electrons. The number of rotatable bonds is 5. The summed E-state index contributed by atoms with van der Waals surface area (Å²) >= 11 is 0. The lowest BCUT2D eigenvalue weighted by Crippen LogP contribution is -2.50. The number of aliphatic hydroxyl groups is 3. The molecular formula is C26H34N8O9. The highest BCUT2D eigenvalue weighted by Crippen LogP contribution is 2.43. The van der Waals surface area contributed by atoms with Crippen molar-refractivity contribution in [3.63, 3.8) is 0 Å². The molecule has 2 fully saturated rings. The minimum atomic E-state index is -2.17. The maximum atomic E-state index is 12.2. The van der Waals surface area contributed by atoms with Gasteiger partial charge in [-0.15, -0.1) is 0 Å². The van der Waals surface area contributed by atoms with Gasteiger partial charge in [-0.1, -0.05) is 20.8 Å². The molecule has 2 aromatic rings. The predicted octanol–water partition coefficient (Wildman–Crippen LogP) is -1.87. The lowest BCUT2D eigenvalue weighted by molar-refractivity contribution is -0.163. The highest BCUT2D eigenvalue weighted by Gasteiger charge is 2.59. The van der Waals surface area contributed by atoms with Crippen molar-refractivity contribution >= 4 is 17.6 Å². The largest absolute Gasteiger partial charge is 0.456 e. The van der Waals surface area contributed by atoms with Gasteiger partial charge in [0.2, 0.25) is 0 Å². The molecule has 0 aromatic carbocycles. The molecule has 7 N–H and O–H groups in total. The van der Waals surface area contributed by atoms with E-state index in [0.29, 0.717) is 0 Å². The van der Waals surface area contributed by atoms with Gasteiger partial charge in [0, 0.05) is 25.2 Å². The quantitative estimate of drug-likeness (QED) is 0.234. The van der Waals surface area contributed by atoms with Crippen LogP contribution in [0.3, 0.4) is 0 Å². The summed E-state index contributed by atoms with van der Waals surface area (Å²) in [7, 11) is 0. The van der Waals surface area contributed by atoms with Crippen LogP contribution in [0.25, 0.3) is 0 Å². The summed E-state index contributed by atoms with van der Waals surface area (Å²) in [6.45, 7) is 8.28. The average molecular weight is 603 g/mol. The number of esters is 1. The maximum absolute atomic E-state index is 12.2. The average Bonchev–Trinajstić information content (AvgIpc) is 3.36. The molecule has 9 atom stereocenters. The second-order valence-electron chi connectivity index (χ2n) is 10.6. The molecule has 2 aromatic heterocycles. The summed E-state index contributed by atoms with van der Waals surface area (Å²) in [4.78, 5) is 42.6. The van der Waals surface area contributed by atoms with Gasteiger partial charge in [0.25, 0.3) is 11.4 Å². The first-order valence-electron chi connectivity index (χ1n) is 13.2. The third kappa shape index (κ3) is 5.94. The Morgan fingerprint density at radius 3 is 1.84 bits per heavy atom. The number of carbonyl (C=O) groups excluding carboxylic acids is 1. The molecule has 2 aliphatic rings. The van der Waals surface area contributed by atoms with Gasteiger partial charge in [-0.05, 0) is 25.0 Å². The van der Waals surface area contributed by atoms with E-state index in [1.54, 1.807) is 6.07 Å². The molecule has 2 aliphatic heterocycles. The number of aromatic nitrogens is 4. The topological polar surface area (TPSA) is 275 Å². The zero-order valence-electron chi connectivity index (χ0n) is 24.1. The van der Waals surface area contributed by atoms with Gasteiger partial charge >= 0.3 is 17.3 Å². The van der Waals surface area contributed by atoms with E-state index in [-0.39, 0.29) is 29.6 Å². The Kier molecular flexibility index (Phi) is 9.59. The van der Waals surface area contributed by atoms with Gasteiger partial charge in [-0.25, -0.2) is 9.59 Å². The van der Waals surface area contributed by atoms with Crippen LogP contribution in [0.5, 0.6) is 0 Å². The van der Waals surface area contributed by atoms with E-state index in [9.17, 15) is 40.2 Å². The number of nitriles is 2. The SMILES string of the molecule is CC(=O)O[C@H]1[C@H](C)[C@@H](C(C)C)O[C@@]1(C#N)n1ccc(N)nc1=O.C[C@@H](O)[C@H]1O[C@@](C#N)(n2ccc(N)nc2=O)[C@@H](O)[C@@H]1O. The van der Waals surface area contributed by atoms with Crippen molar-refractivity contribution in [1.29, 1.82) is 10.5 Å². The van der Waals surface area contributed by atoms with E-state index in [2.05, 4.69) is 9.97 Å². The summed E-state index contributed by atoms with van der Waals surface area (Å²) in [5, 5.41) is 48.5. The Labute approximate surface area is 245 Å². The molecule has 0 saturated carbocycles. The van der Waals surface area contributed by atoms with E-state index in [1.807, 2.05) is 26.8 Å². The number of anilines is 2. The molecule has 4 rings (SSSR count). The Bertz CT molecular complexity index is 1550. The van der Waals surface area contributed by atoms with Crippen LogP contribution < -0.4 is 22.8 Å². The van der Waals surface area contributed by atoms with Gasteiger partial charge in [-0.2, -0.15) is 20.5 Å². The van der Waals surface area contributed by atoms with Gasteiger partial charge in [-0.3, -0.25) is 13.9 Å². The highest BCUT2D eigenvalue weighted by molar-refractivity contribution is 5.66. The molecule has 0 amide bonds. The summed E-state index contributed by atoms with van der Waals surface area (Å²) in [5.74, 6) is -0.779. The lowest BCUT2D eigenvalue weighted by Gasteiger charge is -2.29. The van der Waals surface area contributed by atoms with Crippen LogP contribution in [0.15, 0.2) is 34.1 Å². The van der Waals surface area contributed by atoms with Crippen molar-refractivity contribution in [3.05, 3.63) is 45.5 Å². The molecule has 43 heavy (non-hydrogen) atoms. The Morgan fingerprint density at radius 2 is 1.47 bits per heavy atom. The minimum Gasteiger partial charge on any atom is -0.456 e. The van der Waals surface area contributed by atoms with Crippen molar-refractivity contribution in [2.45, 2.75) is 82.7 Å². The summed E-state index contributed by atoms with van der Waals surface area (Å²) in [6.07, 6.45) is -4.44. The van der Waals surface area contributed by atoms with E-state index in [4.69, 9.17) is 25.7 Å². The number of ether oxygens (including phenoxy) is 3. The highest BCUT2D eigenvalue weighted by atomic mass is 16.6. The van der Waals surface area contributed by atoms with E-state index < -0.39 is 59.3 Å². The van der Waals surface area contributed by atoms with Crippen LogP contribution in [0.1, 0.15) is 34.6 Å². The fourth-order valence-corrected chi connectivity index (χ4v) is 5.18. The van der Waals surface area contributed by atoms with Crippen molar-refractivity contribution < 1.29 is 34.3 Å². The van der Waals surface area contributed by atoms with Crippen molar-refractivity contribution in [1.82, 2.24) is 19.1 Å². The number of aliphatic hydroxyl groups excluding tert-OH is 3. The first kappa shape index (κ1) is 33.1. The molecule has 232 valence electrons. The van der Waals surface area contributed by atoms with Crippen molar-refractivity contribution in [2.24, 2.45) is 11.8 Å². The van der Waals surface area contributed by atoms with E-state index in [0.717, 1.165) is 15.3 Å². The monoisotopic (exact) mass is 602 g/mol. The Morgan fingerprint density at radius 1 is 1.00 bits per heavy atom. The van der Waals surface area contributed by atoms with Crippen LogP contribution in [-0.4, -0.2) is 77.0 Å². The van der Waals surface area contributed by atoms with Crippen LogP contribution in [0.2, 0.25) is 0 Å². The zero-order valence-corrected chi connectivity index (χ0v) is 24.1. The smallest absolute Gasteiger partial charge is 0.352 e. The number of nitrogens with zero attached hydrogens (tertiary/aromatic N) is 6. The van der Waals surface area contributed by atoms with Gasteiger partial charge in [0.15, 0.2) is 6.10 Å². The van der Waals surface area contributed by atoms with Crippen molar-refractivity contribution in [2.75, 3.05) is 11.5 Å². The second kappa shape index (κ2) is 12.5. The molecule has 0 unspecified atom stereocenters. The summed E-state index contributed by atoms with van der Waals surface area (Å²) < 4.78 is 18.3. The molecule has 17 nitrogen and oxygen atoms in total. The molecular weight excluding hydrogens is 568 g/mol.